The highest BCUT2D eigenvalue weighted by atomic mass is 32.2. The predicted octanol–water partition coefficient (Wildman–Crippen LogP) is 2.68. The van der Waals surface area contributed by atoms with Crippen LogP contribution in [-0.4, -0.2) is 79.5 Å². The minimum Gasteiger partial charge on any atom is -0.462 e. The van der Waals surface area contributed by atoms with Crippen molar-refractivity contribution < 1.29 is 37.8 Å². The van der Waals surface area contributed by atoms with Crippen molar-refractivity contribution in [3.8, 4) is 0 Å². The number of imidazole rings is 1. The summed E-state index contributed by atoms with van der Waals surface area (Å²) in [7, 11) is -4.04. The maximum atomic E-state index is 13.7. The van der Waals surface area contributed by atoms with Gasteiger partial charge in [0.1, 0.15) is 24.1 Å². The van der Waals surface area contributed by atoms with Gasteiger partial charge in [-0.25, -0.2) is 24.6 Å². The zero-order valence-corrected chi connectivity index (χ0v) is 25.3. The second-order valence-corrected chi connectivity index (χ2v) is 13.4. The molecule has 0 aromatic carbocycles. The topological polar surface area (TPSA) is 190 Å². The maximum absolute atomic E-state index is 13.7. The van der Waals surface area contributed by atoms with E-state index < -0.39 is 37.5 Å². The van der Waals surface area contributed by atoms with Crippen LogP contribution < -0.4 is 10.8 Å². The van der Waals surface area contributed by atoms with Crippen LogP contribution in [0.2, 0.25) is 0 Å². The van der Waals surface area contributed by atoms with Gasteiger partial charge in [0.25, 0.3) is 0 Å². The van der Waals surface area contributed by atoms with Crippen molar-refractivity contribution in [3.05, 3.63) is 12.7 Å². The van der Waals surface area contributed by atoms with Crippen molar-refractivity contribution in [3.63, 3.8) is 0 Å². The van der Waals surface area contributed by atoms with Crippen LogP contribution >= 0.6 is 19.5 Å². The first-order valence-corrected chi connectivity index (χ1v) is 15.5. The molecule has 1 aliphatic heterocycles. The van der Waals surface area contributed by atoms with E-state index in [1.807, 2.05) is 6.92 Å². The predicted molar refractivity (Wildman–Crippen MR) is 149 cm³/mol. The van der Waals surface area contributed by atoms with Gasteiger partial charge >= 0.3 is 13.7 Å². The van der Waals surface area contributed by atoms with Gasteiger partial charge in [0.2, 0.25) is 0 Å². The Morgan fingerprint density at radius 2 is 2.02 bits per heavy atom. The quantitative estimate of drug-likeness (QED) is 0.162. The average molecular weight is 603 g/mol. The van der Waals surface area contributed by atoms with E-state index in [0.29, 0.717) is 17.6 Å². The van der Waals surface area contributed by atoms with E-state index in [1.54, 1.807) is 38.6 Å². The third-order valence-corrected chi connectivity index (χ3v) is 9.03. The first-order valence-electron chi connectivity index (χ1n) is 13.0. The van der Waals surface area contributed by atoms with Crippen molar-refractivity contribution in [2.45, 2.75) is 72.4 Å². The first-order chi connectivity index (χ1) is 18.8. The summed E-state index contributed by atoms with van der Waals surface area (Å²) in [6.07, 6.45) is 2.30. The number of nitrogens with one attached hydrogen (secondary N) is 1. The molecule has 1 saturated heterocycles. The van der Waals surface area contributed by atoms with Gasteiger partial charge in [-0.15, -0.1) is 0 Å². The number of ether oxygens (including phenoxy) is 2. The zero-order chi connectivity index (χ0) is 29.7. The van der Waals surface area contributed by atoms with Gasteiger partial charge in [-0.05, 0) is 41.0 Å². The van der Waals surface area contributed by atoms with Gasteiger partial charge in [0.15, 0.2) is 16.6 Å². The van der Waals surface area contributed by atoms with Gasteiger partial charge in [0, 0.05) is 11.7 Å². The number of thioether (sulfide) groups is 1. The molecule has 0 amide bonds. The van der Waals surface area contributed by atoms with Gasteiger partial charge in [0.05, 0.1) is 43.8 Å². The smallest absolute Gasteiger partial charge is 0.406 e. The molecule has 3 heterocycles. The Kier molecular flexibility index (Phi) is 11.1. The molecule has 2 aromatic heterocycles. The largest absolute Gasteiger partial charge is 0.462 e. The number of hydrogen-bond donors (Lipinski definition) is 3. The molecule has 1 aliphatic rings. The Morgan fingerprint density at radius 3 is 2.70 bits per heavy atom. The minimum absolute atomic E-state index is 0.0349. The third kappa shape index (κ3) is 8.21. The van der Waals surface area contributed by atoms with E-state index in [4.69, 9.17) is 24.3 Å². The van der Waals surface area contributed by atoms with Crippen LogP contribution in [0.15, 0.2) is 12.7 Å². The Bertz CT molecular complexity index is 1230. The summed E-state index contributed by atoms with van der Waals surface area (Å²) >= 11 is 0.954. The van der Waals surface area contributed by atoms with Crippen LogP contribution in [0.4, 0.5) is 5.82 Å². The number of nitrogens with zero attached hydrogens (tertiary/aromatic N) is 4. The molecule has 1 fully saturated rings. The number of aliphatic hydroxyl groups is 1. The number of anilines is 1. The fourth-order valence-corrected chi connectivity index (χ4v) is 6.32. The molecule has 40 heavy (non-hydrogen) atoms. The summed E-state index contributed by atoms with van der Waals surface area (Å²) in [5, 5.41) is 11.8. The first kappa shape index (κ1) is 32.4. The van der Waals surface area contributed by atoms with E-state index in [9.17, 15) is 19.3 Å². The molecule has 0 aliphatic carbocycles. The monoisotopic (exact) mass is 602 g/mol. The van der Waals surface area contributed by atoms with Crippen LogP contribution in [0.1, 0.15) is 54.2 Å². The third-order valence-electron chi connectivity index (χ3n) is 6.13. The molecule has 0 spiro atoms. The highest BCUT2D eigenvalue weighted by Gasteiger charge is 2.38. The fraction of sp³-hybridized carbons (Fsp3) is 0.708. The van der Waals surface area contributed by atoms with Crippen LogP contribution in [0, 0.1) is 11.3 Å². The number of rotatable bonds is 14. The molecule has 0 radical (unpaired) electrons. The molecular formula is C24H39N6O8PS. The van der Waals surface area contributed by atoms with E-state index in [2.05, 4.69) is 20.0 Å². The van der Waals surface area contributed by atoms with Crippen molar-refractivity contribution in [2.24, 2.45) is 11.3 Å². The van der Waals surface area contributed by atoms with Crippen molar-refractivity contribution in [1.29, 1.82) is 0 Å². The molecule has 16 heteroatoms. The lowest BCUT2D eigenvalue weighted by molar-refractivity contribution is -0.149. The summed E-state index contributed by atoms with van der Waals surface area (Å²) in [4.78, 5) is 37.2. The highest BCUT2D eigenvalue weighted by Crippen LogP contribution is 2.46. The number of hydrogen-bond acceptors (Lipinski definition) is 13. The Morgan fingerprint density at radius 1 is 1.30 bits per heavy atom. The average Bonchev–Trinajstić information content (AvgIpc) is 3.48. The molecular weight excluding hydrogens is 563 g/mol. The van der Waals surface area contributed by atoms with Gasteiger partial charge < -0.3 is 20.3 Å². The van der Waals surface area contributed by atoms with E-state index in [1.165, 1.54) is 13.3 Å². The normalized spacial score (nSPS) is 21.9. The van der Waals surface area contributed by atoms with Crippen LogP contribution in [0.3, 0.4) is 0 Å². The van der Waals surface area contributed by atoms with E-state index in [0.717, 1.165) is 11.8 Å². The molecule has 5 atom stereocenters. The lowest BCUT2D eigenvalue weighted by Gasteiger charge is -2.24. The number of carbonyl (C=O) groups excluding carboxylic acids is 2. The van der Waals surface area contributed by atoms with Crippen LogP contribution in [0.5, 0.6) is 0 Å². The van der Waals surface area contributed by atoms with Gasteiger partial charge in [-0.3, -0.25) is 23.2 Å². The lowest BCUT2D eigenvalue weighted by Crippen LogP contribution is -2.36. The highest BCUT2D eigenvalue weighted by molar-refractivity contribution is 8.13. The second kappa shape index (κ2) is 13.7. The number of nitrogen functional groups attached to an aromatic ring is 1. The molecule has 4 N–H and O–H groups in total. The summed E-state index contributed by atoms with van der Waals surface area (Å²) in [6.45, 7) is 9.67. The second-order valence-electron chi connectivity index (χ2n) is 10.6. The standard InChI is InChI=1S/C24H39N6O8PS/c1-14(2)37-22(32)16(4)29-39(34,35-7-8-40-23(33)24(5,6)11-31)36-10-17-9-15(3)21(38-17)30-13-28-18-19(25)26-12-27-20(18)30/h12-17,21,31H,7-11H2,1-6H3,(H,29,34)(H2,25,26,27)/t15-,16+,17-,21+,39?/m0/s1. The summed E-state index contributed by atoms with van der Waals surface area (Å²) in [5.41, 5.74) is 6.00. The number of carbonyl (C=O) groups is 2. The molecule has 14 nitrogen and oxygen atoms in total. The number of aromatic nitrogens is 4. The Balaban J connectivity index is 1.65. The molecule has 1 unspecified atom stereocenters. The maximum Gasteiger partial charge on any atom is 0.406 e. The minimum atomic E-state index is -4.04. The van der Waals surface area contributed by atoms with Crippen LogP contribution in [-0.2, 0) is 32.7 Å². The van der Waals surface area contributed by atoms with Crippen molar-refractivity contribution >= 4 is 47.6 Å². The zero-order valence-electron chi connectivity index (χ0n) is 23.6. The van der Waals surface area contributed by atoms with Gasteiger partial charge in [-0.1, -0.05) is 18.7 Å². The van der Waals surface area contributed by atoms with Gasteiger partial charge in [-0.2, -0.15) is 0 Å². The Labute approximate surface area is 237 Å². The van der Waals surface area contributed by atoms with Crippen molar-refractivity contribution in [1.82, 2.24) is 24.6 Å². The van der Waals surface area contributed by atoms with E-state index >= 15 is 0 Å². The number of fused-ring (bicyclic) bond motifs is 1. The molecule has 2 aromatic rings. The SMILES string of the molecule is CC(C)OC(=O)[C@@H](C)NP(=O)(OCCSC(=O)C(C)(C)CO)OC[C@@H]1C[C@H](C)[C@H](n2cnc3c(N)ncnc32)O1. The van der Waals surface area contributed by atoms with Crippen LogP contribution in [0.25, 0.3) is 11.2 Å². The summed E-state index contributed by atoms with van der Waals surface area (Å²) in [6, 6.07) is -0.991. The van der Waals surface area contributed by atoms with E-state index in [-0.39, 0.29) is 48.5 Å². The summed E-state index contributed by atoms with van der Waals surface area (Å²) < 4.78 is 38.2. The van der Waals surface area contributed by atoms with Crippen molar-refractivity contribution in [2.75, 3.05) is 31.3 Å². The molecule has 224 valence electrons. The number of esters is 1. The number of aliphatic hydroxyl groups excluding tert-OH is 1. The number of nitrogens with two attached hydrogens (primary N) is 1. The molecule has 3 rings (SSSR count). The summed E-state index contributed by atoms with van der Waals surface area (Å²) in [5.74, 6) is -0.147. The lowest BCUT2D eigenvalue weighted by atomic mass is 9.97. The molecule has 0 bridgehead atoms. The Hall–Kier alpha value is -2.13. The molecule has 0 saturated carbocycles. The fourth-order valence-electron chi connectivity index (χ4n) is 3.89.